The highest BCUT2D eigenvalue weighted by Gasteiger charge is 2.36. The van der Waals surface area contributed by atoms with Crippen molar-refractivity contribution in [2.75, 3.05) is 26.6 Å². The molecule has 4 rings (SSSR count). The topological polar surface area (TPSA) is 74.6 Å². The quantitative estimate of drug-likeness (QED) is 0.636. The van der Waals surface area contributed by atoms with E-state index in [0.29, 0.717) is 23.1 Å². The first-order chi connectivity index (χ1) is 15.0. The number of nitrogens with zero attached hydrogens (tertiary/aromatic N) is 2. The fraction of sp³-hybridized carbons (Fsp3) is 0.304. The van der Waals surface area contributed by atoms with Crippen molar-refractivity contribution >= 4 is 23.5 Å². The number of amides is 1. The molecule has 1 aliphatic rings. The molecule has 0 spiro atoms. The summed E-state index contributed by atoms with van der Waals surface area (Å²) in [5.41, 5.74) is 3.55. The third kappa shape index (κ3) is 3.72. The van der Waals surface area contributed by atoms with Gasteiger partial charge in [0.15, 0.2) is 11.5 Å². The van der Waals surface area contributed by atoms with Gasteiger partial charge >= 0.3 is 0 Å². The van der Waals surface area contributed by atoms with Gasteiger partial charge in [0.05, 0.1) is 43.2 Å². The first-order valence-electron chi connectivity index (χ1n) is 9.89. The monoisotopic (exact) mass is 439 g/mol. The number of para-hydroxylation sites is 1. The third-order valence-electron chi connectivity index (χ3n) is 5.34. The number of hydrogen-bond donors (Lipinski definition) is 1. The average molecular weight is 440 g/mol. The first-order valence-corrected chi connectivity index (χ1v) is 10.8. The van der Waals surface area contributed by atoms with Crippen LogP contribution in [0, 0.1) is 6.92 Å². The molecular formula is C23H25N3O4S. The number of carbonyl (C=O) groups excluding carboxylic acids is 1. The summed E-state index contributed by atoms with van der Waals surface area (Å²) in [6, 6.07) is 13.5. The van der Waals surface area contributed by atoms with Gasteiger partial charge in [-0.2, -0.15) is 5.10 Å². The molecule has 2 aromatic carbocycles. The van der Waals surface area contributed by atoms with Crippen LogP contribution in [0.25, 0.3) is 5.69 Å². The Morgan fingerprint density at radius 1 is 1.00 bits per heavy atom. The van der Waals surface area contributed by atoms with Crippen LogP contribution in [-0.4, -0.2) is 42.3 Å². The van der Waals surface area contributed by atoms with Crippen molar-refractivity contribution in [3.05, 3.63) is 59.3 Å². The van der Waals surface area contributed by atoms with E-state index in [1.165, 1.54) is 0 Å². The van der Waals surface area contributed by atoms with Gasteiger partial charge in [0.1, 0.15) is 11.6 Å². The summed E-state index contributed by atoms with van der Waals surface area (Å²) < 4.78 is 18.5. The number of aromatic nitrogens is 2. The molecule has 7 nitrogen and oxygen atoms in total. The summed E-state index contributed by atoms with van der Waals surface area (Å²) in [6.45, 7) is 3.86. The summed E-state index contributed by atoms with van der Waals surface area (Å²) in [6.07, 6.45) is 0. The Hall–Kier alpha value is -3.13. The number of thioether (sulfide) groups is 1. The van der Waals surface area contributed by atoms with E-state index in [2.05, 4.69) is 5.32 Å². The van der Waals surface area contributed by atoms with Gasteiger partial charge in [0.2, 0.25) is 5.91 Å². The Balaban J connectivity index is 1.95. The lowest BCUT2D eigenvalue weighted by molar-refractivity contribution is -0.115. The molecule has 162 valence electrons. The maximum absolute atomic E-state index is 12.9. The maximum atomic E-state index is 12.9. The van der Waals surface area contributed by atoms with Gasteiger partial charge in [0, 0.05) is 17.2 Å². The first kappa shape index (κ1) is 21.1. The zero-order valence-electron chi connectivity index (χ0n) is 18.1. The number of rotatable bonds is 5. The lowest BCUT2D eigenvalue weighted by atomic mass is 10.0. The number of ether oxygens (including phenoxy) is 3. The Morgan fingerprint density at radius 2 is 1.65 bits per heavy atom. The van der Waals surface area contributed by atoms with E-state index in [9.17, 15) is 4.79 Å². The number of aryl methyl sites for hydroxylation is 1. The van der Waals surface area contributed by atoms with Gasteiger partial charge in [0.25, 0.3) is 0 Å². The molecule has 2 heterocycles. The molecule has 3 aromatic rings. The summed E-state index contributed by atoms with van der Waals surface area (Å²) in [5, 5.41) is 7.38. The second-order valence-electron chi connectivity index (χ2n) is 7.19. The van der Waals surface area contributed by atoms with Crippen LogP contribution in [-0.2, 0) is 4.79 Å². The van der Waals surface area contributed by atoms with Crippen molar-refractivity contribution in [3.63, 3.8) is 0 Å². The number of benzene rings is 2. The number of carbonyl (C=O) groups is 1. The molecule has 0 unspecified atom stereocenters. The molecule has 0 saturated heterocycles. The smallest absolute Gasteiger partial charge is 0.238 e. The van der Waals surface area contributed by atoms with Gasteiger partial charge in [-0.3, -0.25) is 4.79 Å². The maximum Gasteiger partial charge on any atom is 0.238 e. The normalized spacial score (nSPS) is 18.0. The van der Waals surface area contributed by atoms with E-state index >= 15 is 0 Å². The van der Waals surface area contributed by atoms with Crippen molar-refractivity contribution in [2.45, 2.75) is 24.3 Å². The Labute approximate surface area is 185 Å². The van der Waals surface area contributed by atoms with E-state index in [0.717, 1.165) is 22.5 Å². The van der Waals surface area contributed by atoms with Gasteiger partial charge in [-0.1, -0.05) is 18.2 Å². The molecule has 31 heavy (non-hydrogen) atoms. The largest absolute Gasteiger partial charge is 0.496 e. The number of fused-ring (bicyclic) bond motifs is 1. The van der Waals surface area contributed by atoms with Crippen LogP contribution in [0.1, 0.15) is 29.0 Å². The lowest BCUT2D eigenvalue weighted by Gasteiger charge is -2.22. The SMILES string of the molecule is COc1cc(OC)c([C@@H]2S[C@@H](C)C(=O)Nc3c2c(C)nn3-c2ccccc2)cc1OC. The number of nitrogens with one attached hydrogen (secondary N) is 1. The number of hydrogen-bond acceptors (Lipinski definition) is 6. The van der Waals surface area contributed by atoms with Crippen molar-refractivity contribution in [1.29, 1.82) is 0 Å². The molecule has 1 amide bonds. The summed E-state index contributed by atoms with van der Waals surface area (Å²) in [5.74, 6) is 2.46. The van der Waals surface area contributed by atoms with Crippen molar-refractivity contribution in [2.24, 2.45) is 0 Å². The van der Waals surface area contributed by atoms with Crippen LogP contribution in [0.2, 0.25) is 0 Å². The predicted molar refractivity (Wildman–Crippen MR) is 122 cm³/mol. The molecule has 0 radical (unpaired) electrons. The molecular weight excluding hydrogens is 414 g/mol. The highest BCUT2D eigenvalue weighted by molar-refractivity contribution is 8.01. The average Bonchev–Trinajstić information content (AvgIpc) is 3.05. The highest BCUT2D eigenvalue weighted by Crippen LogP contribution is 2.50. The molecule has 1 N–H and O–H groups in total. The van der Waals surface area contributed by atoms with Crippen molar-refractivity contribution < 1.29 is 19.0 Å². The van der Waals surface area contributed by atoms with Crippen LogP contribution < -0.4 is 19.5 Å². The summed E-state index contributed by atoms with van der Waals surface area (Å²) in [4.78, 5) is 12.9. The minimum absolute atomic E-state index is 0.0646. The number of anilines is 1. The van der Waals surface area contributed by atoms with Gasteiger partial charge in [-0.05, 0) is 32.0 Å². The Bertz CT molecular complexity index is 1110. The molecule has 1 aliphatic heterocycles. The Kier molecular flexibility index (Phi) is 5.82. The van der Waals surface area contributed by atoms with Crippen LogP contribution in [0.3, 0.4) is 0 Å². The van der Waals surface area contributed by atoms with E-state index in [4.69, 9.17) is 19.3 Å². The lowest BCUT2D eigenvalue weighted by Crippen LogP contribution is -2.22. The van der Waals surface area contributed by atoms with E-state index in [1.54, 1.807) is 37.8 Å². The Morgan fingerprint density at radius 3 is 2.29 bits per heavy atom. The summed E-state index contributed by atoms with van der Waals surface area (Å²) in [7, 11) is 4.82. The zero-order chi connectivity index (χ0) is 22.1. The fourth-order valence-electron chi connectivity index (χ4n) is 3.77. The van der Waals surface area contributed by atoms with Crippen molar-refractivity contribution in [1.82, 2.24) is 9.78 Å². The molecule has 1 aromatic heterocycles. The standard InChI is InChI=1S/C23H25N3O4S/c1-13-20-21(16-11-18(29-4)19(30-5)12-17(16)28-3)31-14(2)23(27)24-22(20)26(25-13)15-9-7-6-8-10-15/h6-12,14,21H,1-5H3,(H,24,27)/t14-,21-/m0/s1. The van der Waals surface area contributed by atoms with E-state index < -0.39 is 0 Å². The number of methoxy groups -OCH3 is 3. The highest BCUT2D eigenvalue weighted by atomic mass is 32.2. The van der Waals surface area contributed by atoms with Crippen LogP contribution in [0.5, 0.6) is 17.2 Å². The molecule has 0 fully saturated rings. The molecule has 0 bridgehead atoms. The van der Waals surface area contributed by atoms with Crippen molar-refractivity contribution in [3.8, 4) is 22.9 Å². The molecule has 0 saturated carbocycles. The molecule has 0 aliphatic carbocycles. The predicted octanol–water partition coefficient (Wildman–Crippen LogP) is 4.37. The second kappa shape index (κ2) is 8.55. The van der Waals surface area contributed by atoms with Crippen LogP contribution in [0.4, 0.5) is 5.82 Å². The second-order valence-corrected chi connectivity index (χ2v) is 8.64. The fourth-order valence-corrected chi connectivity index (χ4v) is 5.11. The van der Waals surface area contributed by atoms with E-state index in [-0.39, 0.29) is 16.4 Å². The summed E-state index contributed by atoms with van der Waals surface area (Å²) >= 11 is 1.55. The van der Waals surface area contributed by atoms with E-state index in [1.807, 2.05) is 56.3 Å². The zero-order valence-corrected chi connectivity index (χ0v) is 18.9. The van der Waals surface area contributed by atoms with Crippen LogP contribution in [0.15, 0.2) is 42.5 Å². The third-order valence-corrected chi connectivity index (χ3v) is 6.72. The van der Waals surface area contributed by atoms with Gasteiger partial charge in [-0.15, -0.1) is 11.8 Å². The molecule has 8 heteroatoms. The van der Waals surface area contributed by atoms with Gasteiger partial charge in [-0.25, -0.2) is 4.68 Å². The minimum atomic E-state index is -0.279. The molecule has 2 atom stereocenters. The van der Waals surface area contributed by atoms with Crippen LogP contribution >= 0.6 is 11.8 Å². The van der Waals surface area contributed by atoms with Gasteiger partial charge < -0.3 is 19.5 Å². The minimum Gasteiger partial charge on any atom is -0.496 e.